The van der Waals surface area contributed by atoms with E-state index in [-0.39, 0.29) is 18.2 Å². The molecule has 1 N–H and O–H groups in total. The molecule has 136 valence electrons. The molecule has 3 rings (SSSR count). The molecule has 0 spiro atoms. The third kappa shape index (κ3) is 4.52. The van der Waals surface area contributed by atoms with Gasteiger partial charge in [0.1, 0.15) is 5.76 Å². The van der Waals surface area contributed by atoms with E-state index in [1.807, 2.05) is 17.8 Å². The Labute approximate surface area is 157 Å². The van der Waals surface area contributed by atoms with Crippen molar-refractivity contribution < 1.29 is 18.7 Å². The summed E-state index contributed by atoms with van der Waals surface area (Å²) in [5.74, 6) is 0.670. The lowest BCUT2D eigenvalue weighted by Crippen LogP contribution is -2.11. The molecule has 0 radical (unpaired) electrons. The van der Waals surface area contributed by atoms with Gasteiger partial charge in [-0.1, -0.05) is 11.8 Å². The Morgan fingerprint density at radius 3 is 3.00 bits per heavy atom. The van der Waals surface area contributed by atoms with Crippen LogP contribution in [-0.2, 0) is 28.8 Å². The molecule has 0 atom stereocenters. The lowest BCUT2D eigenvalue weighted by molar-refractivity contribution is -0.139. The molecule has 26 heavy (non-hydrogen) atoms. The molecule has 10 heteroatoms. The summed E-state index contributed by atoms with van der Waals surface area (Å²) in [4.78, 5) is 31.9. The van der Waals surface area contributed by atoms with E-state index in [1.54, 1.807) is 23.7 Å². The number of nitrogens with zero attached hydrogens (tertiary/aromatic N) is 3. The van der Waals surface area contributed by atoms with Gasteiger partial charge in [0.15, 0.2) is 16.0 Å². The van der Waals surface area contributed by atoms with Crippen LogP contribution in [-0.4, -0.2) is 33.5 Å². The smallest absolute Gasteiger partial charge is 0.311 e. The fourth-order valence-corrected chi connectivity index (χ4v) is 3.56. The van der Waals surface area contributed by atoms with Gasteiger partial charge in [-0.3, -0.25) is 14.9 Å². The fraction of sp³-hybridized carbons (Fsp3) is 0.250. The number of ether oxygens (including phenoxy) is 1. The minimum Gasteiger partial charge on any atom is -0.469 e. The second-order valence-corrected chi connectivity index (χ2v) is 7.03. The van der Waals surface area contributed by atoms with Crippen LogP contribution in [0.4, 0.5) is 5.13 Å². The summed E-state index contributed by atoms with van der Waals surface area (Å²) >= 11 is 2.75. The van der Waals surface area contributed by atoms with E-state index in [2.05, 4.69) is 20.0 Å². The van der Waals surface area contributed by atoms with Crippen LogP contribution in [0, 0.1) is 0 Å². The summed E-state index contributed by atoms with van der Waals surface area (Å²) in [5, 5.41) is 5.63. The first-order valence-electron chi connectivity index (χ1n) is 7.56. The lowest BCUT2D eigenvalue weighted by atomic mass is 10.3. The predicted octanol–water partition coefficient (Wildman–Crippen LogP) is 2.73. The van der Waals surface area contributed by atoms with Gasteiger partial charge in [0.2, 0.25) is 0 Å². The van der Waals surface area contributed by atoms with Crippen molar-refractivity contribution in [3.05, 3.63) is 47.1 Å². The first-order chi connectivity index (χ1) is 12.5. The number of carbonyl (C=O) groups excluding carboxylic acids is 2. The van der Waals surface area contributed by atoms with Crippen molar-refractivity contribution >= 4 is 40.1 Å². The number of thioether (sulfide) groups is 1. The molecular formula is C16H16N4O4S2. The van der Waals surface area contributed by atoms with E-state index in [1.165, 1.54) is 30.2 Å². The van der Waals surface area contributed by atoms with Crippen molar-refractivity contribution in [2.75, 3.05) is 12.4 Å². The highest BCUT2D eigenvalue weighted by molar-refractivity contribution is 7.98. The van der Waals surface area contributed by atoms with Crippen molar-refractivity contribution in [1.82, 2.24) is 14.5 Å². The van der Waals surface area contributed by atoms with Crippen LogP contribution in [0.1, 0.15) is 22.0 Å². The number of aromatic nitrogens is 3. The number of anilines is 1. The summed E-state index contributed by atoms with van der Waals surface area (Å²) in [6.45, 7) is 0. The van der Waals surface area contributed by atoms with Crippen LogP contribution in [0.2, 0.25) is 0 Å². The van der Waals surface area contributed by atoms with Crippen LogP contribution >= 0.6 is 23.1 Å². The van der Waals surface area contributed by atoms with Gasteiger partial charge in [-0.25, -0.2) is 9.97 Å². The highest BCUT2D eigenvalue weighted by atomic mass is 32.2. The number of imidazole rings is 1. The maximum atomic E-state index is 12.2. The third-order valence-electron chi connectivity index (χ3n) is 3.33. The zero-order valence-electron chi connectivity index (χ0n) is 14.1. The molecule has 0 fully saturated rings. The molecule has 0 aliphatic heterocycles. The Kier molecular flexibility index (Phi) is 5.74. The molecule has 3 aromatic heterocycles. The van der Waals surface area contributed by atoms with E-state index >= 15 is 0 Å². The summed E-state index contributed by atoms with van der Waals surface area (Å²) in [7, 11) is 3.23. The number of hydrogen-bond acceptors (Lipinski definition) is 8. The molecule has 3 heterocycles. The first-order valence-corrected chi connectivity index (χ1v) is 9.43. The number of methoxy groups -OCH3 is 1. The van der Waals surface area contributed by atoms with E-state index in [4.69, 9.17) is 4.42 Å². The summed E-state index contributed by atoms with van der Waals surface area (Å²) in [6, 6.07) is 3.38. The van der Waals surface area contributed by atoms with Crippen LogP contribution in [0.3, 0.4) is 0 Å². The molecule has 1 amide bonds. The standard InChI is InChI=1S/C16H16N4O4S2/c1-20-6-5-17-16(20)26-9-11-3-4-12(24-11)14(22)19-15-18-10(8-25-15)7-13(21)23-2/h3-6,8H,7,9H2,1-2H3,(H,18,19,22). The summed E-state index contributed by atoms with van der Waals surface area (Å²) < 4.78 is 12.1. The number of aryl methyl sites for hydroxylation is 1. The van der Waals surface area contributed by atoms with E-state index in [9.17, 15) is 9.59 Å². The Balaban J connectivity index is 1.56. The highest BCUT2D eigenvalue weighted by Gasteiger charge is 2.15. The van der Waals surface area contributed by atoms with Crippen LogP contribution in [0.15, 0.2) is 39.5 Å². The molecule has 0 saturated carbocycles. The highest BCUT2D eigenvalue weighted by Crippen LogP contribution is 2.23. The molecule has 0 saturated heterocycles. The first kappa shape index (κ1) is 18.2. The molecule has 0 bridgehead atoms. The number of esters is 1. The minimum atomic E-state index is -0.391. The molecule has 3 aromatic rings. The minimum absolute atomic E-state index is 0.0676. The van der Waals surface area contributed by atoms with E-state index in [0.717, 1.165) is 5.16 Å². The lowest BCUT2D eigenvalue weighted by Gasteiger charge is -2.00. The monoisotopic (exact) mass is 392 g/mol. The fourth-order valence-electron chi connectivity index (χ4n) is 2.03. The molecule has 8 nitrogen and oxygen atoms in total. The van der Waals surface area contributed by atoms with Crippen LogP contribution < -0.4 is 5.32 Å². The summed E-state index contributed by atoms with van der Waals surface area (Å²) in [6.07, 6.45) is 3.66. The maximum absolute atomic E-state index is 12.2. The largest absolute Gasteiger partial charge is 0.469 e. The van der Waals surface area contributed by atoms with E-state index in [0.29, 0.717) is 22.3 Å². The number of rotatable bonds is 7. The van der Waals surface area contributed by atoms with Gasteiger partial charge in [0.05, 0.1) is 25.0 Å². The van der Waals surface area contributed by atoms with Gasteiger partial charge in [0.25, 0.3) is 5.91 Å². The van der Waals surface area contributed by atoms with Gasteiger partial charge in [-0.05, 0) is 12.1 Å². The van der Waals surface area contributed by atoms with Crippen molar-refractivity contribution in [3.63, 3.8) is 0 Å². The molecule has 0 aliphatic rings. The summed E-state index contributed by atoms with van der Waals surface area (Å²) in [5.41, 5.74) is 0.545. The Hall–Kier alpha value is -2.59. The number of amides is 1. The number of furan rings is 1. The number of nitrogens with one attached hydrogen (secondary N) is 1. The normalized spacial score (nSPS) is 10.7. The quantitative estimate of drug-likeness (QED) is 0.487. The number of thiazole rings is 1. The van der Waals surface area contributed by atoms with Crippen LogP contribution in [0.25, 0.3) is 0 Å². The topological polar surface area (TPSA) is 99.2 Å². The SMILES string of the molecule is COC(=O)Cc1csc(NC(=O)c2ccc(CSc3nccn3C)o2)n1. The van der Waals surface area contributed by atoms with Crippen molar-refractivity contribution in [2.24, 2.45) is 7.05 Å². The molecule has 0 aromatic carbocycles. The molecule has 0 aliphatic carbocycles. The van der Waals surface area contributed by atoms with Gasteiger partial charge in [-0.15, -0.1) is 11.3 Å². The second-order valence-electron chi connectivity index (χ2n) is 5.23. The average Bonchev–Trinajstić information content (AvgIpc) is 3.35. The Morgan fingerprint density at radius 1 is 1.42 bits per heavy atom. The van der Waals surface area contributed by atoms with Crippen molar-refractivity contribution in [3.8, 4) is 0 Å². The maximum Gasteiger partial charge on any atom is 0.311 e. The third-order valence-corrected chi connectivity index (χ3v) is 5.22. The second kappa shape index (κ2) is 8.19. The van der Waals surface area contributed by atoms with Crippen molar-refractivity contribution in [1.29, 1.82) is 0 Å². The van der Waals surface area contributed by atoms with E-state index < -0.39 is 5.91 Å². The zero-order valence-corrected chi connectivity index (χ0v) is 15.7. The van der Waals surface area contributed by atoms with Crippen LogP contribution in [0.5, 0.6) is 0 Å². The number of hydrogen-bond donors (Lipinski definition) is 1. The molecule has 0 unspecified atom stereocenters. The van der Waals surface area contributed by atoms with Gasteiger partial charge >= 0.3 is 5.97 Å². The Bertz CT molecular complexity index is 915. The number of carbonyl (C=O) groups is 2. The van der Waals surface area contributed by atoms with Crippen molar-refractivity contribution in [2.45, 2.75) is 17.3 Å². The molecular weight excluding hydrogens is 376 g/mol. The van der Waals surface area contributed by atoms with Gasteiger partial charge in [0, 0.05) is 24.8 Å². The van der Waals surface area contributed by atoms with Gasteiger partial charge < -0.3 is 13.7 Å². The zero-order chi connectivity index (χ0) is 18.5. The predicted molar refractivity (Wildman–Crippen MR) is 97.3 cm³/mol. The van der Waals surface area contributed by atoms with Gasteiger partial charge in [-0.2, -0.15) is 0 Å². The Morgan fingerprint density at radius 2 is 2.27 bits per heavy atom. The average molecular weight is 392 g/mol.